The molecule has 2 fully saturated rings. The molecule has 2 aliphatic rings. The molecule has 2 N–H and O–H groups in total. The summed E-state index contributed by atoms with van der Waals surface area (Å²) in [5.41, 5.74) is 0. The number of rotatable bonds is 43. The third kappa shape index (κ3) is 28.3. The number of carbonyl (C=O) groups excluding carboxylic acids is 2. The molecule has 0 radical (unpaired) electrons. The molecule has 0 aliphatic heterocycles. The second kappa shape index (κ2) is 35.8. The van der Waals surface area contributed by atoms with E-state index in [9.17, 15) is 14.7 Å². The van der Waals surface area contributed by atoms with Gasteiger partial charge in [-0.3, -0.25) is 9.59 Å². The largest absolute Gasteiger partial charge is 0.466 e. The summed E-state index contributed by atoms with van der Waals surface area (Å²) >= 11 is 0. The maximum atomic E-state index is 13.0. The van der Waals surface area contributed by atoms with Crippen molar-refractivity contribution in [1.29, 1.82) is 0 Å². The van der Waals surface area contributed by atoms with Gasteiger partial charge in [0.1, 0.15) is 0 Å². The zero-order valence-corrected chi connectivity index (χ0v) is 37.8. The highest BCUT2D eigenvalue weighted by atomic mass is 16.5. The highest BCUT2D eigenvalue weighted by Crippen LogP contribution is 2.54. The SMILES string of the molecule is CCCCCCCCCC(CCCCC)C(=O)NCCCCCCN(CCO)CCCCCC(=O)OCCCCCCCCC1CC1CC1CC1CCCCC. The molecule has 2 aliphatic carbocycles. The number of unbranched alkanes of at least 4 members (excludes halogenated alkanes) is 20. The van der Waals surface area contributed by atoms with Gasteiger partial charge in [-0.15, -0.1) is 0 Å². The van der Waals surface area contributed by atoms with Crippen LogP contribution in [0.4, 0.5) is 0 Å². The Kier molecular flexibility index (Phi) is 32.6. The van der Waals surface area contributed by atoms with Crippen LogP contribution in [0.25, 0.3) is 0 Å². The number of esters is 1. The summed E-state index contributed by atoms with van der Waals surface area (Å²) in [5, 5.41) is 12.9. The average Bonchev–Trinajstić information content (AvgIpc) is 4.13. The van der Waals surface area contributed by atoms with Crippen LogP contribution in [0.5, 0.6) is 0 Å². The first-order valence-electron chi connectivity index (χ1n) is 25.3. The summed E-state index contributed by atoms with van der Waals surface area (Å²) in [5.74, 6) is 4.77. The molecule has 0 bridgehead atoms. The van der Waals surface area contributed by atoms with Crippen LogP contribution in [0, 0.1) is 29.6 Å². The molecule has 0 saturated heterocycles. The summed E-state index contributed by atoms with van der Waals surface area (Å²) in [6, 6.07) is 0. The molecule has 5 unspecified atom stereocenters. The third-order valence-electron chi connectivity index (χ3n) is 13.3. The predicted molar refractivity (Wildman–Crippen MR) is 239 cm³/mol. The number of carbonyl (C=O) groups is 2. The van der Waals surface area contributed by atoms with Gasteiger partial charge in [-0.05, 0) is 101 Å². The summed E-state index contributed by atoms with van der Waals surface area (Å²) in [6.07, 6.45) is 42.2. The molecule has 6 nitrogen and oxygen atoms in total. The van der Waals surface area contributed by atoms with Crippen LogP contribution < -0.4 is 5.32 Å². The Hall–Kier alpha value is -1.14. The van der Waals surface area contributed by atoms with E-state index in [4.69, 9.17) is 4.74 Å². The number of aliphatic hydroxyl groups is 1. The lowest BCUT2D eigenvalue weighted by Gasteiger charge is -2.21. The Labute approximate surface area is 348 Å². The lowest BCUT2D eigenvalue weighted by molar-refractivity contribution is -0.143. The number of aliphatic hydroxyl groups excluding tert-OH is 1. The van der Waals surface area contributed by atoms with Crippen molar-refractivity contribution in [3.8, 4) is 0 Å². The predicted octanol–water partition coefficient (Wildman–Crippen LogP) is 13.4. The molecule has 0 aromatic carbocycles. The number of amides is 1. The van der Waals surface area contributed by atoms with Gasteiger partial charge >= 0.3 is 5.97 Å². The van der Waals surface area contributed by atoms with Crippen LogP contribution in [0.15, 0.2) is 0 Å². The lowest BCUT2D eigenvalue weighted by Crippen LogP contribution is -2.31. The molecular formula is C50H96N2O4. The standard InChI is InChI=1S/C50H96N2O4/c1-4-7-10-11-12-15-23-31-44(30-21-8-5-2)50(55)51-35-26-17-18-27-36-52(38-39-53)37-28-20-25-34-49(54)56-40-29-19-14-13-16-24-33-46-42-48(46)43-47-41-45(47)32-22-9-6-3/h44-48,53H,4-43H2,1-3H3,(H,51,55). The minimum absolute atomic E-state index is 0.0361. The minimum atomic E-state index is -0.0361. The number of ether oxygens (including phenoxy) is 1. The second-order valence-electron chi connectivity index (χ2n) is 18.6. The van der Waals surface area contributed by atoms with Gasteiger partial charge in [0, 0.05) is 25.4 Å². The fraction of sp³-hybridized carbons (Fsp3) is 0.960. The Balaban J connectivity index is 1.37. The molecular weight excluding hydrogens is 693 g/mol. The third-order valence-corrected chi connectivity index (χ3v) is 13.3. The normalized spacial score (nSPS) is 19.4. The van der Waals surface area contributed by atoms with Gasteiger partial charge in [0.2, 0.25) is 5.91 Å². The average molecular weight is 789 g/mol. The number of hydrogen-bond acceptors (Lipinski definition) is 5. The molecule has 2 rings (SSSR count). The fourth-order valence-corrected chi connectivity index (χ4v) is 9.25. The number of hydrogen-bond donors (Lipinski definition) is 2. The van der Waals surface area contributed by atoms with Crippen molar-refractivity contribution < 1.29 is 19.4 Å². The zero-order valence-electron chi connectivity index (χ0n) is 37.8. The van der Waals surface area contributed by atoms with Crippen molar-refractivity contribution >= 4 is 11.9 Å². The Morgan fingerprint density at radius 2 is 1.05 bits per heavy atom. The van der Waals surface area contributed by atoms with Gasteiger partial charge in [0.15, 0.2) is 0 Å². The van der Waals surface area contributed by atoms with Crippen LogP contribution in [0.2, 0.25) is 0 Å². The van der Waals surface area contributed by atoms with Gasteiger partial charge in [-0.2, -0.15) is 0 Å². The summed E-state index contributed by atoms with van der Waals surface area (Å²) < 4.78 is 5.52. The van der Waals surface area contributed by atoms with Crippen LogP contribution in [-0.4, -0.2) is 61.3 Å². The lowest BCUT2D eigenvalue weighted by atomic mass is 9.93. The van der Waals surface area contributed by atoms with E-state index >= 15 is 0 Å². The quantitative estimate of drug-likeness (QED) is 0.0475. The van der Waals surface area contributed by atoms with Gasteiger partial charge in [-0.25, -0.2) is 0 Å². The molecule has 1 amide bonds. The number of nitrogens with one attached hydrogen (secondary N) is 1. The van der Waals surface area contributed by atoms with Crippen LogP contribution in [-0.2, 0) is 14.3 Å². The first kappa shape index (κ1) is 51.0. The van der Waals surface area contributed by atoms with E-state index < -0.39 is 0 Å². The van der Waals surface area contributed by atoms with Gasteiger partial charge < -0.3 is 20.1 Å². The molecule has 0 heterocycles. The molecule has 6 heteroatoms. The highest BCUT2D eigenvalue weighted by Gasteiger charge is 2.44. The van der Waals surface area contributed by atoms with E-state index in [1.165, 1.54) is 135 Å². The fourth-order valence-electron chi connectivity index (χ4n) is 9.25. The van der Waals surface area contributed by atoms with E-state index in [-0.39, 0.29) is 24.4 Å². The molecule has 56 heavy (non-hydrogen) atoms. The van der Waals surface area contributed by atoms with E-state index in [0.29, 0.717) is 13.0 Å². The van der Waals surface area contributed by atoms with Crippen molar-refractivity contribution in [2.24, 2.45) is 29.6 Å². The second-order valence-corrected chi connectivity index (χ2v) is 18.6. The van der Waals surface area contributed by atoms with Crippen molar-refractivity contribution in [1.82, 2.24) is 10.2 Å². The van der Waals surface area contributed by atoms with Gasteiger partial charge in [-0.1, -0.05) is 168 Å². The van der Waals surface area contributed by atoms with E-state index in [1.807, 2.05) is 0 Å². The van der Waals surface area contributed by atoms with Crippen LogP contribution in [0.3, 0.4) is 0 Å². The van der Waals surface area contributed by atoms with E-state index in [0.717, 1.165) is 114 Å². The minimum Gasteiger partial charge on any atom is -0.466 e. The van der Waals surface area contributed by atoms with Crippen LogP contribution in [0.1, 0.15) is 239 Å². The topological polar surface area (TPSA) is 78.9 Å². The Morgan fingerprint density at radius 1 is 0.571 bits per heavy atom. The number of nitrogens with zero attached hydrogens (tertiary/aromatic N) is 1. The molecule has 0 aromatic heterocycles. The van der Waals surface area contributed by atoms with E-state index in [1.54, 1.807) is 12.8 Å². The smallest absolute Gasteiger partial charge is 0.305 e. The molecule has 2 saturated carbocycles. The zero-order chi connectivity index (χ0) is 40.3. The van der Waals surface area contributed by atoms with Crippen LogP contribution >= 0.6 is 0 Å². The van der Waals surface area contributed by atoms with Gasteiger partial charge in [0.25, 0.3) is 0 Å². The maximum absolute atomic E-state index is 13.0. The first-order valence-corrected chi connectivity index (χ1v) is 25.3. The summed E-state index contributed by atoms with van der Waals surface area (Å²) in [7, 11) is 0. The van der Waals surface area contributed by atoms with Crippen molar-refractivity contribution in [3.05, 3.63) is 0 Å². The molecule has 0 spiro atoms. The monoisotopic (exact) mass is 789 g/mol. The van der Waals surface area contributed by atoms with Crippen molar-refractivity contribution in [3.63, 3.8) is 0 Å². The van der Waals surface area contributed by atoms with Crippen molar-refractivity contribution in [2.45, 2.75) is 239 Å². The Morgan fingerprint density at radius 3 is 1.70 bits per heavy atom. The Bertz CT molecular complexity index is 913. The first-order chi connectivity index (χ1) is 27.5. The van der Waals surface area contributed by atoms with Gasteiger partial charge in [0.05, 0.1) is 13.2 Å². The molecule has 5 atom stereocenters. The maximum Gasteiger partial charge on any atom is 0.305 e. The summed E-state index contributed by atoms with van der Waals surface area (Å²) in [6.45, 7) is 11.1. The molecule has 0 aromatic rings. The van der Waals surface area contributed by atoms with Crippen molar-refractivity contribution in [2.75, 3.05) is 39.4 Å². The van der Waals surface area contributed by atoms with E-state index in [2.05, 4.69) is 31.0 Å². The summed E-state index contributed by atoms with van der Waals surface area (Å²) in [4.78, 5) is 27.6. The highest BCUT2D eigenvalue weighted by molar-refractivity contribution is 5.78. The molecule has 330 valence electrons.